The number of ether oxygens (including phenoxy) is 2. The minimum Gasteiger partial charge on any atom is -0.445 e. The van der Waals surface area contributed by atoms with Crippen molar-refractivity contribution in [3.63, 3.8) is 0 Å². The van der Waals surface area contributed by atoms with Crippen molar-refractivity contribution in [2.75, 3.05) is 19.6 Å². The second-order valence-corrected chi connectivity index (χ2v) is 13.7. The molecule has 2 amide bonds. The lowest BCUT2D eigenvalue weighted by atomic mass is 9.78. The standard InChI is InChI=1S/C33H45BN4O6/c1-31(2,3)42-30(40)38-20-19-36(29(39)41-22-24-13-9-8-10-14-24)21-25(38)15-12-18-37-23-35-27-17-11-16-26(28(27)37)34-43-32(4,5)33(6,7)44-34/h8-11,13-14,16-17,23,25H,12,15,18-22H2,1-7H3. The largest absolute Gasteiger partial charge is 0.497 e. The summed E-state index contributed by atoms with van der Waals surface area (Å²) in [4.78, 5) is 34.3. The number of nitrogens with zero attached hydrogens (tertiary/aromatic N) is 4. The SMILES string of the molecule is CC(C)(C)OC(=O)N1CCN(C(=O)OCc2ccccc2)CC1CCCn1cnc2cccc(B3OC(C)(C)C(C)(C)O3)c21. The van der Waals surface area contributed by atoms with Gasteiger partial charge in [0.2, 0.25) is 0 Å². The number of carbonyl (C=O) groups excluding carboxylic acids is 2. The van der Waals surface area contributed by atoms with Crippen LogP contribution in [0.4, 0.5) is 9.59 Å². The molecule has 2 aliphatic rings. The van der Waals surface area contributed by atoms with Crippen LogP contribution in [0.3, 0.4) is 0 Å². The van der Waals surface area contributed by atoms with Gasteiger partial charge in [0.15, 0.2) is 0 Å². The van der Waals surface area contributed by atoms with Gasteiger partial charge in [-0.3, -0.25) is 0 Å². The molecule has 3 heterocycles. The van der Waals surface area contributed by atoms with Crippen LogP contribution in [-0.2, 0) is 31.9 Å². The summed E-state index contributed by atoms with van der Waals surface area (Å²) in [7, 11) is -0.504. The smallest absolute Gasteiger partial charge is 0.445 e. The van der Waals surface area contributed by atoms with Crippen molar-refractivity contribution < 1.29 is 28.4 Å². The first-order valence-corrected chi connectivity index (χ1v) is 15.5. The summed E-state index contributed by atoms with van der Waals surface area (Å²) in [6, 6.07) is 15.4. The van der Waals surface area contributed by atoms with Crippen LogP contribution in [0.25, 0.3) is 11.0 Å². The summed E-state index contributed by atoms with van der Waals surface area (Å²) in [6.07, 6.45) is 2.52. The van der Waals surface area contributed by atoms with Crippen molar-refractivity contribution in [1.29, 1.82) is 0 Å². The maximum absolute atomic E-state index is 13.2. The topological polar surface area (TPSA) is 95.4 Å². The Balaban J connectivity index is 1.29. The van der Waals surface area contributed by atoms with Crippen LogP contribution in [-0.4, -0.2) is 81.1 Å². The second-order valence-electron chi connectivity index (χ2n) is 13.7. The Morgan fingerprint density at radius 3 is 2.36 bits per heavy atom. The number of amides is 2. The molecule has 0 N–H and O–H groups in total. The number of para-hydroxylation sites is 1. The predicted octanol–water partition coefficient (Wildman–Crippen LogP) is 5.37. The van der Waals surface area contributed by atoms with E-state index in [1.54, 1.807) is 9.80 Å². The van der Waals surface area contributed by atoms with Crippen molar-refractivity contribution in [1.82, 2.24) is 19.4 Å². The lowest BCUT2D eigenvalue weighted by Crippen LogP contribution is -2.57. The fourth-order valence-corrected chi connectivity index (χ4v) is 5.62. The van der Waals surface area contributed by atoms with Gasteiger partial charge in [-0.2, -0.15) is 0 Å². The van der Waals surface area contributed by atoms with Crippen LogP contribution in [0, 0.1) is 0 Å². The lowest BCUT2D eigenvalue weighted by molar-refractivity contribution is -0.00481. The number of benzene rings is 2. The van der Waals surface area contributed by atoms with Crippen LogP contribution < -0.4 is 5.46 Å². The molecule has 0 radical (unpaired) electrons. The third-order valence-electron chi connectivity index (χ3n) is 8.69. The first-order chi connectivity index (χ1) is 20.7. The highest BCUT2D eigenvalue weighted by Gasteiger charge is 2.52. The molecule has 1 atom stereocenters. The Kier molecular flexibility index (Phi) is 9.00. The van der Waals surface area contributed by atoms with Crippen LogP contribution in [0.5, 0.6) is 0 Å². The molecular weight excluding hydrogens is 559 g/mol. The number of aromatic nitrogens is 2. The first-order valence-electron chi connectivity index (χ1n) is 15.5. The molecular formula is C33H45BN4O6. The highest BCUT2D eigenvalue weighted by Crippen LogP contribution is 2.37. The Bertz CT molecular complexity index is 1450. The number of imidazole rings is 1. The third kappa shape index (κ3) is 7.05. The first kappa shape index (κ1) is 31.8. The van der Waals surface area contributed by atoms with Crippen LogP contribution in [0.2, 0.25) is 0 Å². The van der Waals surface area contributed by atoms with Crippen molar-refractivity contribution in [2.45, 2.75) is 97.3 Å². The van der Waals surface area contributed by atoms with Gasteiger partial charge in [0.05, 0.1) is 34.6 Å². The maximum atomic E-state index is 13.2. The van der Waals surface area contributed by atoms with E-state index in [0.717, 1.165) is 28.5 Å². The van der Waals surface area contributed by atoms with Crippen LogP contribution in [0.1, 0.15) is 66.9 Å². The Labute approximate surface area is 260 Å². The summed E-state index contributed by atoms with van der Waals surface area (Å²) >= 11 is 0. The van der Waals surface area contributed by atoms with Crippen molar-refractivity contribution in [3.05, 3.63) is 60.4 Å². The van der Waals surface area contributed by atoms with Gasteiger partial charge in [-0.15, -0.1) is 0 Å². The molecule has 0 spiro atoms. The molecule has 0 saturated carbocycles. The molecule has 5 rings (SSSR count). The molecule has 1 aromatic heterocycles. The number of hydrogen-bond acceptors (Lipinski definition) is 7. The molecule has 0 bridgehead atoms. The van der Waals surface area contributed by atoms with E-state index in [9.17, 15) is 9.59 Å². The van der Waals surface area contributed by atoms with E-state index in [4.69, 9.17) is 18.8 Å². The number of aryl methyl sites for hydroxylation is 1. The average Bonchev–Trinajstić information content (AvgIpc) is 3.47. The third-order valence-corrected chi connectivity index (χ3v) is 8.69. The average molecular weight is 605 g/mol. The molecule has 1 unspecified atom stereocenters. The van der Waals surface area contributed by atoms with Gasteiger partial charge < -0.3 is 33.1 Å². The summed E-state index contributed by atoms with van der Waals surface area (Å²) in [5.74, 6) is 0. The van der Waals surface area contributed by atoms with Gasteiger partial charge in [-0.05, 0) is 72.9 Å². The molecule has 2 aliphatic heterocycles. The lowest BCUT2D eigenvalue weighted by Gasteiger charge is -2.41. The normalized spacial score (nSPS) is 19.8. The molecule has 236 valence electrons. The Morgan fingerprint density at radius 2 is 1.68 bits per heavy atom. The molecule has 10 nitrogen and oxygen atoms in total. The zero-order valence-corrected chi connectivity index (χ0v) is 27.0. The van der Waals surface area contributed by atoms with E-state index in [1.807, 2.05) is 103 Å². The number of piperazine rings is 1. The maximum Gasteiger partial charge on any atom is 0.497 e. The minimum absolute atomic E-state index is 0.204. The van der Waals surface area contributed by atoms with E-state index in [0.29, 0.717) is 32.6 Å². The molecule has 11 heteroatoms. The van der Waals surface area contributed by atoms with Gasteiger partial charge in [0.25, 0.3) is 0 Å². The zero-order valence-electron chi connectivity index (χ0n) is 27.0. The summed E-state index contributed by atoms with van der Waals surface area (Å²) in [5, 5.41) is 0. The van der Waals surface area contributed by atoms with Gasteiger partial charge in [-0.1, -0.05) is 42.5 Å². The highest BCUT2D eigenvalue weighted by atomic mass is 16.7. The molecule has 2 aromatic carbocycles. The second kappa shape index (κ2) is 12.4. The Hall–Kier alpha value is -3.57. The quantitative estimate of drug-likeness (QED) is 0.335. The highest BCUT2D eigenvalue weighted by molar-refractivity contribution is 6.64. The summed E-state index contributed by atoms with van der Waals surface area (Å²) in [6.45, 7) is 15.8. The fourth-order valence-electron chi connectivity index (χ4n) is 5.62. The van der Waals surface area contributed by atoms with Crippen LogP contribution in [0.15, 0.2) is 54.9 Å². The van der Waals surface area contributed by atoms with E-state index in [1.165, 1.54) is 0 Å². The van der Waals surface area contributed by atoms with Gasteiger partial charge >= 0.3 is 19.3 Å². The minimum atomic E-state index is -0.618. The van der Waals surface area contributed by atoms with E-state index in [2.05, 4.69) is 9.55 Å². The number of rotatable bonds is 7. The van der Waals surface area contributed by atoms with Crippen molar-refractivity contribution in [3.8, 4) is 0 Å². The monoisotopic (exact) mass is 604 g/mol. The predicted molar refractivity (Wildman–Crippen MR) is 170 cm³/mol. The Morgan fingerprint density at radius 1 is 0.977 bits per heavy atom. The molecule has 2 saturated heterocycles. The van der Waals surface area contributed by atoms with E-state index >= 15 is 0 Å². The van der Waals surface area contributed by atoms with Gasteiger partial charge in [-0.25, -0.2) is 14.6 Å². The molecule has 3 aromatic rings. The van der Waals surface area contributed by atoms with Gasteiger partial charge in [0.1, 0.15) is 12.2 Å². The summed E-state index contributed by atoms with van der Waals surface area (Å²) in [5.41, 5.74) is 2.20. The van der Waals surface area contributed by atoms with Crippen LogP contribution >= 0.6 is 0 Å². The zero-order chi connectivity index (χ0) is 31.7. The summed E-state index contributed by atoms with van der Waals surface area (Å²) < 4.78 is 26.2. The number of fused-ring (bicyclic) bond motifs is 1. The fraction of sp³-hybridized carbons (Fsp3) is 0.545. The van der Waals surface area contributed by atoms with E-state index < -0.39 is 23.9 Å². The number of hydrogen-bond donors (Lipinski definition) is 0. The number of carbonyl (C=O) groups is 2. The molecule has 2 fully saturated rings. The van der Waals surface area contributed by atoms with Crippen molar-refractivity contribution >= 4 is 35.8 Å². The molecule has 44 heavy (non-hydrogen) atoms. The molecule has 0 aliphatic carbocycles. The van der Waals surface area contributed by atoms with E-state index in [-0.39, 0.29) is 24.8 Å². The van der Waals surface area contributed by atoms with Crippen molar-refractivity contribution in [2.24, 2.45) is 0 Å². The van der Waals surface area contributed by atoms with Gasteiger partial charge in [0, 0.05) is 31.6 Å².